The van der Waals surface area contributed by atoms with Crippen LogP contribution in [0.3, 0.4) is 0 Å². The second-order valence-electron chi connectivity index (χ2n) is 12.9. The molecule has 248 valence electrons. The minimum atomic E-state index is 0. The Labute approximate surface area is 306 Å². The molecule has 3 heterocycles. The summed E-state index contributed by atoms with van der Waals surface area (Å²) in [6.45, 7) is 12.8. The van der Waals surface area contributed by atoms with E-state index in [1.165, 1.54) is 27.8 Å². The van der Waals surface area contributed by atoms with Crippen molar-refractivity contribution >= 4 is 21.8 Å². The zero-order valence-corrected chi connectivity index (χ0v) is 30.5. The molecular formula is C44H36N4OPd. The van der Waals surface area contributed by atoms with Crippen molar-refractivity contribution in [3.63, 3.8) is 0 Å². The molecule has 0 spiro atoms. The molecule has 5 aromatic carbocycles. The molecule has 3 aromatic heterocycles. The third-order valence-corrected chi connectivity index (χ3v) is 9.29. The zero-order chi connectivity index (χ0) is 33.8. The van der Waals surface area contributed by atoms with Crippen LogP contribution < -0.4 is 4.74 Å². The van der Waals surface area contributed by atoms with Crippen molar-refractivity contribution in [2.45, 2.75) is 41.5 Å². The van der Waals surface area contributed by atoms with Crippen LogP contribution in [0.5, 0.6) is 11.5 Å². The Bertz CT molecular complexity index is 2520. The predicted octanol–water partition coefficient (Wildman–Crippen LogP) is 10.9. The molecule has 0 fully saturated rings. The maximum atomic E-state index is 6.51. The van der Waals surface area contributed by atoms with E-state index in [0.29, 0.717) is 11.5 Å². The van der Waals surface area contributed by atoms with Gasteiger partial charge in [-0.1, -0.05) is 73.1 Å². The largest absolute Gasteiger partial charge is 2.00 e. The van der Waals surface area contributed by atoms with Crippen molar-refractivity contribution in [3.05, 3.63) is 155 Å². The monoisotopic (exact) mass is 742 g/mol. The summed E-state index contributed by atoms with van der Waals surface area (Å²) in [5.41, 5.74) is 14.3. The van der Waals surface area contributed by atoms with Gasteiger partial charge >= 0.3 is 20.4 Å². The number of benzene rings is 5. The smallest absolute Gasteiger partial charge is 0.509 e. The summed E-state index contributed by atoms with van der Waals surface area (Å²) in [5.74, 6) is 2.07. The third-order valence-electron chi connectivity index (χ3n) is 9.29. The molecule has 0 saturated heterocycles. The van der Waals surface area contributed by atoms with Crippen LogP contribution in [-0.2, 0) is 20.4 Å². The Morgan fingerprint density at radius 2 is 1.36 bits per heavy atom. The molecule has 50 heavy (non-hydrogen) atoms. The number of hydrogen-bond acceptors (Lipinski definition) is 3. The van der Waals surface area contributed by atoms with Crippen molar-refractivity contribution in [1.82, 2.24) is 19.3 Å². The second-order valence-corrected chi connectivity index (χ2v) is 12.9. The average molecular weight is 743 g/mol. The van der Waals surface area contributed by atoms with Crippen LogP contribution in [0.2, 0.25) is 0 Å². The number of aryl methyl sites for hydroxylation is 5. The summed E-state index contributed by atoms with van der Waals surface area (Å²) in [7, 11) is 0. The fourth-order valence-electron chi connectivity index (χ4n) is 7.16. The molecule has 5 nitrogen and oxygen atoms in total. The summed E-state index contributed by atoms with van der Waals surface area (Å²) >= 11 is 0. The van der Waals surface area contributed by atoms with Crippen LogP contribution >= 0.6 is 0 Å². The minimum Gasteiger partial charge on any atom is -0.509 e. The average Bonchev–Trinajstić information content (AvgIpc) is 3.57. The number of ether oxygens (including phenoxy) is 1. The van der Waals surface area contributed by atoms with Crippen LogP contribution in [-0.4, -0.2) is 19.3 Å². The normalized spacial score (nSPS) is 11.2. The maximum Gasteiger partial charge on any atom is 2.00 e. The van der Waals surface area contributed by atoms with Gasteiger partial charge in [0, 0.05) is 34.5 Å². The Balaban J connectivity index is 0.00000392. The fraction of sp³-hybridized carbons (Fsp3) is 0.136. The van der Waals surface area contributed by atoms with Crippen LogP contribution in [0.4, 0.5) is 0 Å². The Morgan fingerprint density at radius 3 is 2.12 bits per heavy atom. The molecule has 0 bridgehead atoms. The SMILES string of the molecule is Cc1cc(Oc2[c-]c3c(cc2)c2ccccc2n3-c2cc(C)ccn2)[c-]c(-n2nc(C)c(-c3c(C)cc(-c4ccccc4)cc3C)c2C)c1.[Pd+2]. The quantitative estimate of drug-likeness (QED) is 0.126. The molecule has 0 aliphatic carbocycles. The molecule has 0 aliphatic rings. The fourth-order valence-corrected chi connectivity index (χ4v) is 7.16. The zero-order valence-electron chi connectivity index (χ0n) is 28.9. The molecule has 0 amide bonds. The molecule has 0 N–H and O–H groups in total. The molecule has 0 atom stereocenters. The van der Waals surface area contributed by atoms with Crippen LogP contribution in [0.1, 0.15) is 33.6 Å². The number of rotatable bonds is 6. The van der Waals surface area contributed by atoms with Gasteiger partial charge < -0.3 is 9.30 Å². The van der Waals surface area contributed by atoms with Crippen molar-refractivity contribution in [2.24, 2.45) is 0 Å². The first kappa shape index (κ1) is 33.2. The molecule has 8 rings (SSSR count). The van der Waals surface area contributed by atoms with Crippen molar-refractivity contribution < 1.29 is 25.2 Å². The molecule has 8 aromatic rings. The van der Waals surface area contributed by atoms with Gasteiger partial charge in [0.1, 0.15) is 5.82 Å². The number of aromatic nitrogens is 4. The van der Waals surface area contributed by atoms with Crippen molar-refractivity contribution in [3.8, 4) is 45.3 Å². The van der Waals surface area contributed by atoms with Crippen LogP contribution in [0.25, 0.3) is 55.6 Å². The van der Waals surface area contributed by atoms with Gasteiger partial charge in [-0.05, 0) is 97.3 Å². The van der Waals surface area contributed by atoms with E-state index in [9.17, 15) is 0 Å². The Morgan fingerprint density at radius 1 is 0.620 bits per heavy atom. The van der Waals surface area contributed by atoms with Gasteiger partial charge in [-0.3, -0.25) is 4.68 Å². The van der Waals surface area contributed by atoms with Gasteiger partial charge in [-0.2, -0.15) is 16.7 Å². The summed E-state index contributed by atoms with van der Waals surface area (Å²) in [6, 6.07) is 42.8. The van der Waals surface area contributed by atoms with Crippen molar-refractivity contribution in [1.29, 1.82) is 0 Å². The van der Waals surface area contributed by atoms with E-state index in [1.54, 1.807) is 0 Å². The molecule has 0 unspecified atom stereocenters. The number of hydrogen-bond donors (Lipinski definition) is 0. The minimum absolute atomic E-state index is 0. The Kier molecular flexibility index (Phi) is 8.78. The van der Waals surface area contributed by atoms with Crippen LogP contribution in [0.15, 0.2) is 109 Å². The van der Waals surface area contributed by atoms with E-state index in [2.05, 4.69) is 143 Å². The molecule has 0 radical (unpaired) electrons. The predicted molar refractivity (Wildman–Crippen MR) is 199 cm³/mol. The summed E-state index contributed by atoms with van der Waals surface area (Å²) in [4.78, 5) is 4.71. The molecule has 6 heteroatoms. The van der Waals surface area contributed by atoms with Gasteiger partial charge in [0.05, 0.1) is 5.69 Å². The van der Waals surface area contributed by atoms with E-state index < -0.39 is 0 Å². The van der Waals surface area contributed by atoms with Gasteiger partial charge in [0.15, 0.2) is 0 Å². The van der Waals surface area contributed by atoms with E-state index in [-0.39, 0.29) is 20.4 Å². The van der Waals surface area contributed by atoms with E-state index in [1.807, 2.05) is 29.1 Å². The second kappa shape index (κ2) is 13.2. The Hall–Kier alpha value is -5.28. The van der Waals surface area contributed by atoms with Gasteiger partial charge in [-0.25, -0.2) is 4.98 Å². The topological polar surface area (TPSA) is 44.9 Å². The van der Waals surface area contributed by atoms with E-state index in [0.717, 1.165) is 61.4 Å². The molecular weight excluding hydrogens is 707 g/mol. The van der Waals surface area contributed by atoms with Gasteiger partial charge in [0.2, 0.25) is 0 Å². The number of nitrogens with zero attached hydrogens (tertiary/aromatic N) is 4. The summed E-state index contributed by atoms with van der Waals surface area (Å²) < 4.78 is 10.7. The van der Waals surface area contributed by atoms with E-state index in [4.69, 9.17) is 14.8 Å². The standard InChI is InChI=1S/C44H36N4O.Pd/c1-27-18-19-45-42(22-27)47-40-15-11-10-14-38(40)39-17-16-36(26-41(39)47)49-37-21-28(2)20-35(25-37)48-32(6)44(31(5)46-48)43-29(3)23-34(24-30(43)4)33-12-8-7-9-13-33;/h7-24H,1-6H3;/q-2;+2. The van der Waals surface area contributed by atoms with Gasteiger partial charge in [-0.15, -0.1) is 35.7 Å². The number of fused-ring (bicyclic) bond motifs is 3. The van der Waals surface area contributed by atoms with Gasteiger partial charge in [0.25, 0.3) is 0 Å². The summed E-state index contributed by atoms with van der Waals surface area (Å²) in [6.07, 6.45) is 1.85. The molecule has 0 aliphatic heterocycles. The summed E-state index contributed by atoms with van der Waals surface area (Å²) in [5, 5.41) is 7.28. The first-order valence-corrected chi connectivity index (χ1v) is 16.6. The van der Waals surface area contributed by atoms with E-state index >= 15 is 0 Å². The van der Waals surface area contributed by atoms with Crippen molar-refractivity contribution in [2.75, 3.05) is 0 Å². The first-order chi connectivity index (χ1) is 23.7. The molecule has 0 saturated carbocycles. The number of para-hydroxylation sites is 1. The third kappa shape index (κ3) is 5.85. The first-order valence-electron chi connectivity index (χ1n) is 16.6. The maximum absolute atomic E-state index is 6.51. The number of pyridine rings is 1. The van der Waals surface area contributed by atoms with Crippen LogP contribution in [0, 0.1) is 53.7 Å².